The lowest BCUT2D eigenvalue weighted by Crippen LogP contribution is -2.39. The zero-order valence-electron chi connectivity index (χ0n) is 11.1. The van der Waals surface area contributed by atoms with E-state index < -0.39 is 0 Å². The first-order chi connectivity index (χ1) is 8.56. The molecule has 0 radical (unpaired) electrons. The third kappa shape index (κ3) is 2.64. The molecule has 2 rings (SSSR count). The molecule has 100 valence electrons. The summed E-state index contributed by atoms with van der Waals surface area (Å²) in [5.74, 6) is 7.03. The first-order valence-electron chi connectivity index (χ1n) is 6.42. The van der Waals surface area contributed by atoms with Crippen LogP contribution in [-0.2, 0) is 0 Å². The summed E-state index contributed by atoms with van der Waals surface area (Å²) >= 11 is 0. The van der Waals surface area contributed by atoms with E-state index in [9.17, 15) is 0 Å². The maximum absolute atomic E-state index is 5.68. The van der Waals surface area contributed by atoms with Crippen molar-refractivity contribution < 1.29 is 0 Å². The van der Waals surface area contributed by atoms with E-state index in [1.54, 1.807) is 0 Å². The number of piperidine rings is 1. The third-order valence-electron chi connectivity index (χ3n) is 4.03. The number of hydrazine groups is 1. The van der Waals surface area contributed by atoms with E-state index in [1.165, 1.54) is 19.3 Å². The SMILES string of the molecule is CCC1(C)CCN(c2cc(NN)nc(N)n2)CC1. The topological polar surface area (TPSA) is 93.1 Å². The highest BCUT2D eigenvalue weighted by Crippen LogP contribution is 2.35. The summed E-state index contributed by atoms with van der Waals surface area (Å²) < 4.78 is 0. The van der Waals surface area contributed by atoms with Crippen molar-refractivity contribution in [1.29, 1.82) is 0 Å². The Hall–Kier alpha value is -1.56. The molecule has 0 unspecified atom stereocenters. The van der Waals surface area contributed by atoms with Crippen LogP contribution in [0.2, 0.25) is 0 Å². The van der Waals surface area contributed by atoms with Crippen LogP contribution < -0.4 is 21.9 Å². The summed E-state index contributed by atoms with van der Waals surface area (Å²) in [6.45, 7) is 6.62. The van der Waals surface area contributed by atoms with E-state index >= 15 is 0 Å². The molecule has 1 aromatic heterocycles. The molecule has 1 fully saturated rings. The molecule has 6 nitrogen and oxygen atoms in total. The average molecular weight is 250 g/mol. The highest BCUT2D eigenvalue weighted by Gasteiger charge is 2.28. The number of anilines is 3. The highest BCUT2D eigenvalue weighted by molar-refractivity contribution is 5.52. The molecule has 0 aromatic carbocycles. The van der Waals surface area contributed by atoms with E-state index in [2.05, 4.69) is 34.1 Å². The van der Waals surface area contributed by atoms with Crippen molar-refractivity contribution in [2.24, 2.45) is 11.3 Å². The van der Waals surface area contributed by atoms with E-state index in [0.717, 1.165) is 18.9 Å². The van der Waals surface area contributed by atoms with Crippen LogP contribution in [0.25, 0.3) is 0 Å². The number of nitrogens with two attached hydrogens (primary N) is 2. The van der Waals surface area contributed by atoms with Crippen molar-refractivity contribution in [2.75, 3.05) is 29.1 Å². The van der Waals surface area contributed by atoms with Crippen LogP contribution >= 0.6 is 0 Å². The van der Waals surface area contributed by atoms with Gasteiger partial charge >= 0.3 is 0 Å². The van der Waals surface area contributed by atoms with Gasteiger partial charge in [0.05, 0.1) is 0 Å². The van der Waals surface area contributed by atoms with Gasteiger partial charge in [0.25, 0.3) is 0 Å². The second kappa shape index (κ2) is 4.97. The van der Waals surface area contributed by atoms with E-state index in [1.807, 2.05) is 6.07 Å². The van der Waals surface area contributed by atoms with Gasteiger partial charge in [0.2, 0.25) is 5.95 Å². The number of nitrogens with zero attached hydrogens (tertiary/aromatic N) is 3. The van der Waals surface area contributed by atoms with Crippen LogP contribution in [0.3, 0.4) is 0 Å². The number of hydrogen-bond donors (Lipinski definition) is 3. The Morgan fingerprint density at radius 3 is 2.61 bits per heavy atom. The van der Waals surface area contributed by atoms with Crippen LogP contribution in [0.1, 0.15) is 33.1 Å². The van der Waals surface area contributed by atoms with Crippen LogP contribution in [0, 0.1) is 5.41 Å². The quantitative estimate of drug-likeness (QED) is 0.554. The zero-order valence-corrected chi connectivity index (χ0v) is 11.1. The fraction of sp³-hybridized carbons (Fsp3) is 0.667. The van der Waals surface area contributed by atoms with Gasteiger partial charge in [0, 0.05) is 19.2 Å². The monoisotopic (exact) mass is 250 g/mol. The molecule has 1 aliphatic heterocycles. The Labute approximate surface area is 108 Å². The molecule has 0 saturated carbocycles. The summed E-state index contributed by atoms with van der Waals surface area (Å²) in [5.41, 5.74) is 8.66. The van der Waals surface area contributed by atoms with Crippen molar-refractivity contribution in [1.82, 2.24) is 9.97 Å². The van der Waals surface area contributed by atoms with Gasteiger partial charge in [-0.1, -0.05) is 20.3 Å². The summed E-state index contributed by atoms with van der Waals surface area (Å²) in [7, 11) is 0. The summed E-state index contributed by atoms with van der Waals surface area (Å²) in [4.78, 5) is 10.5. The minimum atomic E-state index is 0.254. The smallest absolute Gasteiger partial charge is 0.223 e. The molecular weight excluding hydrogens is 228 g/mol. The Kier molecular flexibility index (Phi) is 3.56. The lowest BCUT2D eigenvalue weighted by Gasteiger charge is -2.39. The minimum Gasteiger partial charge on any atom is -0.368 e. The number of aromatic nitrogens is 2. The standard InChI is InChI=1S/C12H22N6/c1-3-12(2)4-6-18(7-5-12)10-8-9(17-14)15-11(13)16-10/h8H,3-7,14H2,1-2H3,(H3,13,15,16,17). The van der Waals surface area contributed by atoms with Gasteiger partial charge in [-0.2, -0.15) is 9.97 Å². The van der Waals surface area contributed by atoms with Gasteiger partial charge in [-0.3, -0.25) is 0 Å². The van der Waals surface area contributed by atoms with E-state index in [4.69, 9.17) is 11.6 Å². The van der Waals surface area contributed by atoms with Crippen molar-refractivity contribution in [3.05, 3.63) is 6.07 Å². The maximum Gasteiger partial charge on any atom is 0.223 e. The Bertz CT molecular complexity index is 411. The first kappa shape index (κ1) is 12.9. The number of hydrogen-bond acceptors (Lipinski definition) is 6. The largest absolute Gasteiger partial charge is 0.368 e. The second-order valence-corrected chi connectivity index (χ2v) is 5.27. The Morgan fingerprint density at radius 1 is 1.39 bits per heavy atom. The normalized spacial score (nSPS) is 18.7. The van der Waals surface area contributed by atoms with Crippen molar-refractivity contribution in [3.8, 4) is 0 Å². The molecule has 1 saturated heterocycles. The van der Waals surface area contributed by atoms with Crippen LogP contribution in [0.5, 0.6) is 0 Å². The van der Waals surface area contributed by atoms with Crippen molar-refractivity contribution in [3.63, 3.8) is 0 Å². The molecule has 0 amide bonds. The predicted octanol–water partition coefficient (Wildman–Crippen LogP) is 1.36. The Balaban J connectivity index is 2.12. The van der Waals surface area contributed by atoms with Crippen LogP contribution in [-0.4, -0.2) is 23.1 Å². The summed E-state index contributed by atoms with van der Waals surface area (Å²) in [6.07, 6.45) is 3.58. The first-order valence-corrected chi connectivity index (χ1v) is 6.42. The lowest BCUT2D eigenvalue weighted by atomic mass is 9.78. The zero-order chi connectivity index (χ0) is 13.2. The predicted molar refractivity (Wildman–Crippen MR) is 74.1 cm³/mol. The Morgan fingerprint density at radius 2 is 2.06 bits per heavy atom. The van der Waals surface area contributed by atoms with E-state index in [0.29, 0.717) is 11.2 Å². The average Bonchev–Trinajstić information content (AvgIpc) is 2.39. The third-order valence-corrected chi connectivity index (χ3v) is 4.03. The molecule has 0 spiro atoms. The van der Waals surface area contributed by atoms with Crippen molar-refractivity contribution >= 4 is 17.6 Å². The van der Waals surface area contributed by atoms with Crippen LogP contribution in [0.4, 0.5) is 17.6 Å². The molecule has 1 aliphatic rings. The second-order valence-electron chi connectivity index (χ2n) is 5.27. The lowest BCUT2D eigenvalue weighted by molar-refractivity contribution is 0.238. The van der Waals surface area contributed by atoms with Gasteiger partial charge in [-0.25, -0.2) is 5.84 Å². The van der Waals surface area contributed by atoms with Crippen molar-refractivity contribution in [2.45, 2.75) is 33.1 Å². The van der Waals surface area contributed by atoms with Gasteiger partial charge < -0.3 is 16.1 Å². The summed E-state index contributed by atoms with van der Waals surface area (Å²) in [5, 5.41) is 0. The molecule has 0 aliphatic carbocycles. The molecule has 1 aromatic rings. The number of nitrogens with one attached hydrogen (secondary N) is 1. The van der Waals surface area contributed by atoms with Gasteiger partial charge in [0.1, 0.15) is 11.6 Å². The molecule has 0 atom stereocenters. The maximum atomic E-state index is 5.68. The molecule has 2 heterocycles. The number of rotatable bonds is 3. The molecule has 0 bridgehead atoms. The van der Waals surface area contributed by atoms with Gasteiger partial charge in [0.15, 0.2) is 0 Å². The number of nitrogen functional groups attached to an aromatic ring is 2. The highest BCUT2D eigenvalue weighted by atomic mass is 15.3. The van der Waals surface area contributed by atoms with Gasteiger partial charge in [-0.05, 0) is 18.3 Å². The molecule has 5 N–H and O–H groups in total. The van der Waals surface area contributed by atoms with Crippen LogP contribution in [0.15, 0.2) is 6.07 Å². The fourth-order valence-electron chi connectivity index (χ4n) is 2.32. The molecular formula is C12H22N6. The van der Waals surface area contributed by atoms with E-state index in [-0.39, 0.29) is 5.95 Å². The molecule has 6 heteroatoms. The minimum absolute atomic E-state index is 0.254. The fourth-order valence-corrected chi connectivity index (χ4v) is 2.32. The van der Waals surface area contributed by atoms with Gasteiger partial charge in [-0.15, -0.1) is 0 Å². The molecule has 18 heavy (non-hydrogen) atoms. The summed E-state index contributed by atoms with van der Waals surface area (Å²) in [6, 6.07) is 1.84.